The minimum atomic E-state index is -0.0674. The van der Waals surface area contributed by atoms with Gasteiger partial charge in [0.1, 0.15) is 11.1 Å². The number of benzene rings is 1. The topological polar surface area (TPSA) is 73.6 Å². The molecule has 6 heteroatoms. The summed E-state index contributed by atoms with van der Waals surface area (Å²) >= 11 is 4.95. The first-order valence-corrected chi connectivity index (χ1v) is 6.95. The van der Waals surface area contributed by atoms with Gasteiger partial charge in [-0.3, -0.25) is 4.79 Å². The number of ether oxygens (including phenoxy) is 2. The smallest absolute Gasteiger partial charge is 0.224 e. The largest absolute Gasteiger partial charge is 0.389 e. The lowest BCUT2D eigenvalue weighted by Crippen LogP contribution is -2.36. The van der Waals surface area contributed by atoms with Crippen LogP contribution < -0.4 is 11.1 Å². The highest BCUT2D eigenvalue weighted by molar-refractivity contribution is 7.80. The standard InChI is InChI=1S/C14H18N2O3S/c15-14(20)11-4-1-2-5-12(11)16-13(17)6-3-7-19-10-8-18-9-10/h1-2,4-5,10H,3,6-9H2,(H2,15,20)(H,16,17). The highest BCUT2D eigenvalue weighted by Crippen LogP contribution is 2.15. The molecule has 1 aromatic carbocycles. The Labute approximate surface area is 123 Å². The van der Waals surface area contributed by atoms with Crippen molar-refractivity contribution >= 4 is 28.8 Å². The van der Waals surface area contributed by atoms with Gasteiger partial charge in [-0.15, -0.1) is 0 Å². The average Bonchev–Trinajstić information content (AvgIpc) is 2.36. The predicted octanol–water partition coefficient (Wildman–Crippen LogP) is 1.45. The molecule has 2 rings (SSSR count). The molecule has 0 unspecified atom stereocenters. The van der Waals surface area contributed by atoms with E-state index in [2.05, 4.69) is 5.32 Å². The normalized spacial score (nSPS) is 14.6. The summed E-state index contributed by atoms with van der Waals surface area (Å²) in [6.07, 6.45) is 1.28. The number of anilines is 1. The van der Waals surface area contributed by atoms with E-state index in [1.165, 1.54) is 0 Å². The third kappa shape index (κ3) is 4.26. The molecule has 1 fully saturated rings. The summed E-state index contributed by atoms with van der Waals surface area (Å²) in [5.74, 6) is -0.0674. The first-order chi connectivity index (χ1) is 9.66. The van der Waals surface area contributed by atoms with Crippen LogP contribution in [0.2, 0.25) is 0 Å². The number of hydrogen-bond acceptors (Lipinski definition) is 4. The maximum atomic E-state index is 11.8. The van der Waals surface area contributed by atoms with Crippen molar-refractivity contribution in [3.63, 3.8) is 0 Å². The van der Waals surface area contributed by atoms with Gasteiger partial charge in [-0.1, -0.05) is 24.4 Å². The highest BCUT2D eigenvalue weighted by Gasteiger charge is 2.18. The lowest BCUT2D eigenvalue weighted by Gasteiger charge is -2.25. The fourth-order valence-electron chi connectivity index (χ4n) is 1.81. The van der Waals surface area contributed by atoms with Crippen molar-refractivity contribution in [3.05, 3.63) is 29.8 Å². The molecule has 0 bridgehead atoms. The number of hydrogen-bond donors (Lipinski definition) is 2. The van der Waals surface area contributed by atoms with E-state index in [0.717, 1.165) is 0 Å². The van der Waals surface area contributed by atoms with Crippen LogP contribution in [0.3, 0.4) is 0 Å². The van der Waals surface area contributed by atoms with Gasteiger partial charge in [0.2, 0.25) is 5.91 Å². The molecule has 0 radical (unpaired) electrons. The monoisotopic (exact) mass is 294 g/mol. The number of amides is 1. The Morgan fingerprint density at radius 2 is 2.20 bits per heavy atom. The van der Waals surface area contributed by atoms with Gasteiger partial charge in [0, 0.05) is 18.6 Å². The SMILES string of the molecule is NC(=S)c1ccccc1NC(=O)CCCOC1COC1. The molecule has 0 saturated carbocycles. The van der Waals surface area contributed by atoms with E-state index in [-0.39, 0.29) is 17.0 Å². The predicted molar refractivity (Wildman–Crippen MR) is 80.8 cm³/mol. The van der Waals surface area contributed by atoms with Crippen LogP contribution in [-0.4, -0.2) is 36.8 Å². The van der Waals surface area contributed by atoms with Gasteiger partial charge < -0.3 is 20.5 Å². The van der Waals surface area contributed by atoms with E-state index in [1.54, 1.807) is 12.1 Å². The summed E-state index contributed by atoms with van der Waals surface area (Å²) in [7, 11) is 0. The van der Waals surface area contributed by atoms with Gasteiger partial charge >= 0.3 is 0 Å². The number of nitrogens with two attached hydrogens (primary N) is 1. The molecule has 0 aromatic heterocycles. The Balaban J connectivity index is 1.74. The first kappa shape index (κ1) is 14.9. The first-order valence-electron chi connectivity index (χ1n) is 6.55. The van der Waals surface area contributed by atoms with Crippen molar-refractivity contribution in [2.45, 2.75) is 18.9 Å². The Bertz CT molecular complexity index is 489. The summed E-state index contributed by atoms with van der Waals surface area (Å²) < 4.78 is 10.5. The van der Waals surface area contributed by atoms with Crippen molar-refractivity contribution in [2.75, 3.05) is 25.1 Å². The minimum absolute atomic E-state index is 0.0674. The molecule has 3 N–H and O–H groups in total. The summed E-state index contributed by atoms with van der Waals surface area (Å²) in [6.45, 7) is 1.89. The second-order valence-electron chi connectivity index (χ2n) is 4.59. The Morgan fingerprint density at radius 3 is 2.85 bits per heavy atom. The number of para-hydroxylation sites is 1. The molecule has 5 nitrogen and oxygen atoms in total. The molecule has 108 valence electrons. The molecule has 1 amide bonds. The zero-order valence-electron chi connectivity index (χ0n) is 11.1. The summed E-state index contributed by atoms with van der Waals surface area (Å²) in [5.41, 5.74) is 6.95. The van der Waals surface area contributed by atoms with Crippen LogP contribution in [0.15, 0.2) is 24.3 Å². The number of nitrogens with one attached hydrogen (secondary N) is 1. The second-order valence-corrected chi connectivity index (χ2v) is 5.03. The number of carbonyl (C=O) groups is 1. The zero-order valence-corrected chi connectivity index (χ0v) is 11.9. The maximum absolute atomic E-state index is 11.8. The molecule has 1 aliphatic rings. The van der Waals surface area contributed by atoms with E-state index in [1.807, 2.05) is 12.1 Å². The van der Waals surface area contributed by atoms with Gasteiger partial charge in [-0.05, 0) is 18.6 Å². The molecule has 1 saturated heterocycles. The van der Waals surface area contributed by atoms with Crippen molar-refractivity contribution < 1.29 is 14.3 Å². The molecular formula is C14H18N2O3S. The van der Waals surface area contributed by atoms with Crippen LogP contribution in [0.5, 0.6) is 0 Å². The molecule has 20 heavy (non-hydrogen) atoms. The fraction of sp³-hybridized carbons (Fsp3) is 0.429. The fourth-order valence-corrected chi connectivity index (χ4v) is 1.99. The van der Waals surface area contributed by atoms with E-state index >= 15 is 0 Å². The van der Waals surface area contributed by atoms with E-state index < -0.39 is 0 Å². The zero-order chi connectivity index (χ0) is 14.4. The van der Waals surface area contributed by atoms with Crippen LogP contribution in [0, 0.1) is 0 Å². The van der Waals surface area contributed by atoms with Crippen molar-refractivity contribution in [3.8, 4) is 0 Å². The summed E-state index contributed by atoms with van der Waals surface area (Å²) in [6, 6.07) is 7.24. The van der Waals surface area contributed by atoms with Crippen LogP contribution in [0.1, 0.15) is 18.4 Å². The third-order valence-corrected chi connectivity index (χ3v) is 3.20. The lowest BCUT2D eigenvalue weighted by atomic mass is 10.1. The van der Waals surface area contributed by atoms with Crippen LogP contribution in [0.25, 0.3) is 0 Å². The van der Waals surface area contributed by atoms with E-state index in [0.29, 0.717) is 43.9 Å². The van der Waals surface area contributed by atoms with Crippen LogP contribution >= 0.6 is 12.2 Å². The number of carbonyl (C=O) groups excluding carboxylic acids is 1. The maximum Gasteiger partial charge on any atom is 0.224 e. The molecule has 0 atom stereocenters. The van der Waals surface area contributed by atoms with Gasteiger partial charge in [-0.2, -0.15) is 0 Å². The van der Waals surface area contributed by atoms with Gasteiger partial charge in [-0.25, -0.2) is 0 Å². The molecule has 1 aromatic rings. The summed E-state index contributed by atoms with van der Waals surface area (Å²) in [5, 5.41) is 2.82. The molecule has 1 aliphatic heterocycles. The summed E-state index contributed by atoms with van der Waals surface area (Å²) in [4.78, 5) is 12.1. The van der Waals surface area contributed by atoms with Gasteiger partial charge in [0.15, 0.2) is 0 Å². The molecular weight excluding hydrogens is 276 g/mol. The van der Waals surface area contributed by atoms with Crippen LogP contribution in [-0.2, 0) is 14.3 Å². The molecule has 0 spiro atoms. The Kier molecular flexibility index (Phi) is 5.46. The van der Waals surface area contributed by atoms with Crippen LogP contribution in [0.4, 0.5) is 5.69 Å². The van der Waals surface area contributed by atoms with E-state index in [9.17, 15) is 4.79 Å². The third-order valence-electron chi connectivity index (χ3n) is 2.98. The number of thiocarbonyl (C=S) groups is 1. The lowest BCUT2D eigenvalue weighted by molar-refractivity contribution is -0.131. The minimum Gasteiger partial charge on any atom is -0.389 e. The van der Waals surface area contributed by atoms with Crippen molar-refractivity contribution in [1.29, 1.82) is 0 Å². The van der Waals surface area contributed by atoms with Gasteiger partial charge in [0.05, 0.1) is 18.9 Å². The van der Waals surface area contributed by atoms with Gasteiger partial charge in [0.25, 0.3) is 0 Å². The highest BCUT2D eigenvalue weighted by atomic mass is 32.1. The second kappa shape index (κ2) is 7.33. The average molecular weight is 294 g/mol. The van der Waals surface area contributed by atoms with E-state index in [4.69, 9.17) is 27.4 Å². The molecule has 0 aliphatic carbocycles. The Hall–Kier alpha value is -1.50. The quantitative estimate of drug-likeness (QED) is 0.588. The van der Waals surface area contributed by atoms with Crippen molar-refractivity contribution in [2.24, 2.45) is 5.73 Å². The number of rotatable bonds is 7. The molecule has 1 heterocycles. The Morgan fingerprint density at radius 1 is 1.45 bits per heavy atom. The van der Waals surface area contributed by atoms with Crippen molar-refractivity contribution in [1.82, 2.24) is 0 Å².